The number of benzene rings is 1. The molecule has 0 saturated carbocycles. The Morgan fingerprint density at radius 3 is 2.73 bits per heavy atom. The summed E-state index contributed by atoms with van der Waals surface area (Å²) in [6.45, 7) is 5.40. The van der Waals surface area contributed by atoms with Crippen molar-refractivity contribution in [2.24, 2.45) is 0 Å². The van der Waals surface area contributed by atoms with Crippen LogP contribution in [0, 0.1) is 13.8 Å². The molecule has 6 heteroatoms. The quantitative estimate of drug-likeness (QED) is 0.772. The van der Waals surface area contributed by atoms with Gasteiger partial charge in [0.1, 0.15) is 17.9 Å². The van der Waals surface area contributed by atoms with Crippen LogP contribution in [0.15, 0.2) is 35.0 Å². The lowest BCUT2D eigenvalue weighted by atomic mass is 9.93. The second kappa shape index (κ2) is 6.88. The maximum Gasteiger partial charge on any atom is 0.256 e. The number of fused-ring (bicyclic) bond motifs is 1. The molecule has 0 spiro atoms. The molecule has 134 valence electrons. The zero-order chi connectivity index (χ0) is 18.1. The highest BCUT2D eigenvalue weighted by molar-refractivity contribution is 6.07. The van der Waals surface area contributed by atoms with Crippen LogP contribution in [0.2, 0.25) is 0 Å². The first-order chi connectivity index (χ1) is 12.6. The lowest BCUT2D eigenvalue weighted by Crippen LogP contribution is -2.16. The van der Waals surface area contributed by atoms with Crippen LogP contribution in [0.3, 0.4) is 0 Å². The molecule has 1 aliphatic rings. The number of hydrogen-bond acceptors (Lipinski definition) is 5. The molecule has 1 saturated heterocycles. The van der Waals surface area contributed by atoms with Gasteiger partial charge in [-0.25, -0.2) is 9.97 Å². The van der Waals surface area contributed by atoms with Crippen molar-refractivity contribution >= 4 is 22.8 Å². The summed E-state index contributed by atoms with van der Waals surface area (Å²) in [4.78, 5) is 21.0. The van der Waals surface area contributed by atoms with Crippen molar-refractivity contribution in [3.05, 3.63) is 53.0 Å². The predicted octanol–water partition coefficient (Wildman–Crippen LogP) is 3.99. The van der Waals surface area contributed by atoms with Gasteiger partial charge in [0.05, 0.1) is 12.0 Å². The highest BCUT2D eigenvalue weighted by Gasteiger charge is 2.18. The molecule has 1 fully saturated rings. The van der Waals surface area contributed by atoms with Gasteiger partial charge in [-0.3, -0.25) is 4.79 Å². The SMILES string of the molecule is Cc1oc2ncnc(NC(=O)c3ccc(C4CCCOC4)cc3)c2c1C. The average molecular weight is 351 g/mol. The van der Waals surface area contributed by atoms with E-state index in [0.29, 0.717) is 23.0 Å². The molecule has 0 aliphatic carbocycles. The summed E-state index contributed by atoms with van der Waals surface area (Å²) in [5.41, 5.74) is 3.23. The minimum Gasteiger partial charge on any atom is -0.443 e. The van der Waals surface area contributed by atoms with E-state index in [4.69, 9.17) is 9.15 Å². The molecule has 1 unspecified atom stereocenters. The fourth-order valence-corrected chi connectivity index (χ4v) is 3.37. The number of nitrogens with one attached hydrogen (secondary N) is 1. The minimum absolute atomic E-state index is 0.199. The summed E-state index contributed by atoms with van der Waals surface area (Å²) in [5, 5.41) is 3.62. The van der Waals surface area contributed by atoms with Crippen molar-refractivity contribution < 1.29 is 13.9 Å². The fraction of sp³-hybridized carbons (Fsp3) is 0.350. The van der Waals surface area contributed by atoms with Gasteiger partial charge in [0.2, 0.25) is 5.71 Å². The van der Waals surface area contributed by atoms with Crippen molar-refractivity contribution in [3.8, 4) is 0 Å². The number of amides is 1. The summed E-state index contributed by atoms with van der Waals surface area (Å²) < 4.78 is 11.1. The van der Waals surface area contributed by atoms with Crippen molar-refractivity contribution in [2.45, 2.75) is 32.6 Å². The van der Waals surface area contributed by atoms with Crippen molar-refractivity contribution in [1.82, 2.24) is 9.97 Å². The number of furan rings is 1. The second-order valence-corrected chi connectivity index (χ2v) is 6.68. The largest absolute Gasteiger partial charge is 0.443 e. The van der Waals surface area contributed by atoms with Crippen LogP contribution in [0.1, 0.15) is 46.0 Å². The van der Waals surface area contributed by atoms with Crippen molar-refractivity contribution in [2.75, 3.05) is 18.5 Å². The maximum absolute atomic E-state index is 12.6. The monoisotopic (exact) mass is 351 g/mol. The Hall–Kier alpha value is -2.73. The molecule has 0 bridgehead atoms. The minimum atomic E-state index is -0.199. The highest BCUT2D eigenvalue weighted by Crippen LogP contribution is 2.29. The maximum atomic E-state index is 12.6. The standard InChI is InChI=1S/C20H21N3O3/c1-12-13(2)26-20-17(12)18(21-11-22-20)23-19(24)15-7-5-14(6-8-15)16-4-3-9-25-10-16/h5-8,11,16H,3-4,9-10H2,1-2H3,(H,21,22,23,24). The summed E-state index contributed by atoms with van der Waals surface area (Å²) in [6, 6.07) is 7.73. The van der Waals surface area contributed by atoms with Gasteiger partial charge in [0.25, 0.3) is 5.91 Å². The number of aromatic nitrogens is 2. The van der Waals surface area contributed by atoms with Crippen LogP contribution in [0.25, 0.3) is 11.1 Å². The number of anilines is 1. The average Bonchev–Trinajstić information content (AvgIpc) is 2.97. The molecular weight excluding hydrogens is 330 g/mol. The number of rotatable bonds is 3. The Balaban J connectivity index is 1.55. The van der Waals surface area contributed by atoms with Crippen LogP contribution in [0.5, 0.6) is 0 Å². The number of carbonyl (C=O) groups excluding carboxylic acids is 1. The number of hydrogen-bond donors (Lipinski definition) is 1. The van der Waals surface area contributed by atoms with E-state index in [-0.39, 0.29) is 5.91 Å². The van der Waals surface area contributed by atoms with Crippen LogP contribution < -0.4 is 5.32 Å². The Morgan fingerprint density at radius 2 is 2.00 bits per heavy atom. The normalized spacial score (nSPS) is 17.4. The molecule has 1 atom stereocenters. The van der Waals surface area contributed by atoms with Gasteiger partial charge in [-0.1, -0.05) is 12.1 Å². The first-order valence-electron chi connectivity index (χ1n) is 8.83. The van der Waals surface area contributed by atoms with Gasteiger partial charge in [0.15, 0.2) is 0 Å². The molecule has 6 nitrogen and oxygen atoms in total. The Morgan fingerprint density at radius 1 is 1.19 bits per heavy atom. The topological polar surface area (TPSA) is 77.3 Å². The number of ether oxygens (including phenoxy) is 1. The van der Waals surface area contributed by atoms with Gasteiger partial charge in [-0.15, -0.1) is 0 Å². The molecule has 1 N–H and O–H groups in total. The lowest BCUT2D eigenvalue weighted by molar-refractivity contribution is 0.0804. The zero-order valence-corrected chi connectivity index (χ0v) is 14.9. The van der Waals surface area contributed by atoms with E-state index in [1.54, 1.807) is 0 Å². The number of carbonyl (C=O) groups is 1. The van der Waals surface area contributed by atoms with Gasteiger partial charge in [-0.2, -0.15) is 0 Å². The van der Waals surface area contributed by atoms with E-state index < -0.39 is 0 Å². The van der Waals surface area contributed by atoms with E-state index in [1.807, 2.05) is 38.1 Å². The van der Waals surface area contributed by atoms with E-state index in [9.17, 15) is 4.79 Å². The third-order valence-electron chi connectivity index (χ3n) is 5.00. The summed E-state index contributed by atoms with van der Waals surface area (Å²) >= 11 is 0. The predicted molar refractivity (Wildman–Crippen MR) is 98.5 cm³/mol. The fourth-order valence-electron chi connectivity index (χ4n) is 3.37. The molecule has 2 aromatic heterocycles. The zero-order valence-electron chi connectivity index (χ0n) is 14.9. The van der Waals surface area contributed by atoms with E-state index >= 15 is 0 Å². The van der Waals surface area contributed by atoms with Crippen molar-refractivity contribution in [3.63, 3.8) is 0 Å². The van der Waals surface area contributed by atoms with Gasteiger partial charge in [0, 0.05) is 23.7 Å². The van der Waals surface area contributed by atoms with Crippen LogP contribution in [-0.4, -0.2) is 29.1 Å². The molecule has 26 heavy (non-hydrogen) atoms. The Bertz CT molecular complexity index is 941. The molecule has 4 rings (SSSR count). The molecule has 3 heterocycles. The molecule has 1 aromatic carbocycles. The third-order valence-corrected chi connectivity index (χ3v) is 5.00. The first-order valence-corrected chi connectivity index (χ1v) is 8.83. The molecular formula is C20H21N3O3. The number of aryl methyl sites for hydroxylation is 2. The molecule has 1 aliphatic heterocycles. The lowest BCUT2D eigenvalue weighted by Gasteiger charge is -2.22. The van der Waals surface area contributed by atoms with Gasteiger partial charge >= 0.3 is 0 Å². The van der Waals surface area contributed by atoms with Crippen LogP contribution >= 0.6 is 0 Å². The van der Waals surface area contributed by atoms with E-state index in [2.05, 4.69) is 15.3 Å². The van der Waals surface area contributed by atoms with E-state index in [1.165, 1.54) is 11.9 Å². The highest BCUT2D eigenvalue weighted by atomic mass is 16.5. The van der Waals surface area contributed by atoms with Gasteiger partial charge in [-0.05, 0) is 44.4 Å². The second-order valence-electron chi connectivity index (χ2n) is 6.68. The summed E-state index contributed by atoms with van der Waals surface area (Å²) in [5.74, 6) is 1.46. The van der Waals surface area contributed by atoms with Crippen molar-refractivity contribution in [1.29, 1.82) is 0 Å². The molecule has 1 amide bonds. The summed E-state index contributed by atoms with van der Waals surface area (Å²) in [7, 11) is 0. The Labute approximate surface area is 151 Å². The van der Waals surface area contributed by atoms with E-state index in [0.717, 1.165) is 42.8 Å². The van der Waals surface area contributed by atoms with Crippen LogP contribution in [0.4, 0.5) is 5.82 Å². The number of nitrogens with zero attached hydrogens (tertiary/aromatic N) is 2. The van der Waals surface area contributed by atoms with Gasteiger partial charge < -0.3 is 14.5 Å². The third kappa shape index (κ3) is 3.08. The smallest absolute Gasteiger partial charge is 0.256 e. The first kappa shape index (κ1) is 16.7. The molecule has 0 radical (unpaired) electrons. The molecule has 3 aromatic rings. The van der Waals surface area contributed by atoms with Crippen LogP contribution in [-0.2, 0) is 4.74 Å². The summed E-state index contributed by atoms with van der Waals surface area (Å²) in [6.07, 6.45) is 3.61. The Kier molecular flexibility index (Phi) is 4.42.